The number of benzene rings is 1. The molecule has 20 heavy (non-hydrogen) atoms. The molecule has 1 aliphatic rings. The van der Waals surface area contributed by atoms with E-state index in [2.05, 4.69) is 10.3 Å². The SMILES string of the molecule is O=C(Nc1ccc(Cl)cn1)c1cc(Cl)c2c(c1)OCO2. The maximum Gasteiger partial charge on any atom is 0.257 e. The lowest BCUT2D eigenvalue weighted by atomic mass is 10.2. The van der Waals surface area contributed by atoms with E-state index in [4.69, 9.17) is 32.7 Å². The Kier molecular flexibility index (Phi) is 3.38. The molecule has 1 amide bonds. The fourth-order valence-corrected chi connectivity index (χ4v) is 2.11. The molecule has 0 spiro atoms. The summed E-state index contributed by atoms with van der Waals surface area (Å²) in [6.07, 6.45) is 1.45. The molecule has 0 radical (unpaired) electrons. The van der Waals surface area contributed by atoms with Crippen LogP contribution in [0.15, 0.2) is 30.5 Å². The molecule has 102 valence electrons. The number of aromatic nitrogens is 1. The van der Waals surface area contributed by atoms with Gasteiger partial charge in [0.05, 0.1) is 10.0 Å². The van der Waals surface area contributed by atoms with Gasteiger partial charge in [-0.05, 0) is 24.3 Å². The van der Waals surface area contributed by atoms with Crippen LogP contribution in [-0.4, -0.2) is 17.7 Å². The van der Waals surface area contributed by atoms with E-state index in [-0.39, 0.29) is 12.7 Å². The van der Waals surface area contributed by atoms with Gasteiger partial charge in [0.2, 0.25) is 6.79 Å². The molecule has 0 fully saturated rings. The number of fused-ring (bicyclic) bond motifs is 1. The molecule has 0 saturated heterocycles. The molecular formula is C13H8Cl2N2O3. The molecule has 0 bridgehead atoms. The Morgan fingerprint density at radius 1 is 1.25 bits per heavy atom. The summed E-state index contributed by atoms with van der Waals surface area (Å²) in [5.41, 5.74) is 0.357. The van der Waals surface area contributed by atoms with Gasteiger partial charge in [0, 0.05) is 11.8 Å². The van der Waals surface area contributed by atoms with Gasteiger partial charge in [-0.2, -0.15) is 0 Å². The molecule has 0 aliphatic carbocycles. The van der Waals surface area contributed by atoms with Gasteiger partial charge < -0.3 is 14.8 Å². The molecule has 7 heteroatoms. The van der Waals surface area contributed by atoms with Gasteiger partial charge in [0.1, 0.15) is 5.82 Å². The summed E-state index contributed by atoms with van der Waals surface area (Å²) >= 11 is 11.8. The zero-order valence-corrected chi connectivity index (χ0v) is 11.5. The first-order chi connectivity index (χ1) is 9.63. The zero-order valence-electron chi connectivity index (χ0n) is 10.0. The summed E-state index contributed by atoms with van der Waals surface area (Å²) in [5.74, 6) is 0.952. The molecule has 0 atom stereocenters. The molecule has 1 aromatic carbocycles. The second-order valence-corrected chi connectivity index (χ2v) is 4.85. The van der Waals surface area contributed by atoms with E-state index in [0.717, 1.165) is 0 Å². The monoisotopic (exact) mass is 310 g/mol. The van der Waals surface area contributed by atoms with E-state index < -0.39 is 0 Å². The third kappa shape index (κ3) is 2.50. The number of pyridine rings is 1. The van der Waals surface area contributed by atoms with Crippen LogP contribution in [0.1, 0.15) is 10.4 Å². The van der Waals surface area contributed by atoms with E-state index in [1.165, 1.54) is 12.3 Å². The third-order valence-corrected chi connectivity index (χ3v) is 3.16. The average Bonchev–Trinajstić information content (AvgIpc) is 2.90. The number of halogens is 2. The molecule has 2 aromatic rings. The molecule has 2 heterocycles. The van der Waals surface area contributed by atoms with Crippen LogP contribution in [0.25, 0.3) is 0 Å². The first kappa shape index (κ1) is 13.0. The Morgan fingerprint density at radius 3 is 2.85 bits per heavy atom. The van der Waals surface area contributed by atoms with Crippen molar-refractivity contribution < 1.29 is 14.3 Å². The molecular weight excluding hydrogens is 303 g/mol. The van der Waals surface area contributed by atoms with Gasteiger partial charge >= 0.3 is 0 Å². The predicted octanol–water partition coefficient (Wildman–Crippen LogP) is 3.37. The van der Waals surface area contributed by atoms with Crippen LogP contribution in [0.4, 0.5) is 5.82 Å². The summed E-state index contributed by atoms with van der Waals surface area (Å²) < 4.78 is 10.4. The highest BCUT2D eigenvalue weighted by molar-refractivity contribution is 6.33. The normalized spacial score (nSPS) is 12.3. The van der Waals surface area contributed by atoms with Gasteiger partial charge in [-0.15, -0.1) is 0 Å². The minimum absolute atomic E-state index is 0.0961. The molecule has 1 aromatic heterocycles. The predicted molar refractivity (Wildman–Crippen MR) is 74.8 cm³/mol. The van der Waals surface area contributed by atoms with E-state index in [1.807, 2.05) is 0 Å². The van der Waals surface area contributed by atoms with Crippen molar-refractivity contribution in [1.82, 2.24) is 4.98 Å². The first-order valence-corrected chi connectivity index (χ1v) is 6.41. The number of ether oxygens (including phenoxy) is 2. The summed E-state index contributed by atoms with van der Waals surface area (Å²) in [6, 6.07) is 6.32. The van der Waals surface area contributed by atoms with Crippen molar-refractivity contribution in [3.8, 4) is 11.5 Å². The van der Waals surface area contributed by atoms with Crippen molar-refractivity contribution in [2.24, 2.45) is 0 Å². The van der Waals surface area contributed by atoms with Crippen molar-refractivity contribution in [1.29, 1.82) is 0 Å². The van der Waals surface area contributed by atoms with Crippen LogP contribution in [0, 0.1) is 0 Å². The molecule has 3 rings (SSSR count). The lowest BCUT2D eigenvalue weighted by Gasteiger charge is -2.06. The number of rotatable bonds is 2. The van der Waals surface area contributed by atoms with Crippen LogP contribution >= 0.6 is 23.2 Å². The van der Waals surface area contributed by atoms with E-state index in [1.54, 1.807) is 18.2 Å². The van der Waals surface area contributed by atoms with Crippen LogP contribution in [0.5, 0.6) is 11.5 Å². The Hall–Kier alpha value is -1.98. The fourth-order valence-electron chi connectivity index (χ4n) is 1.74. The highest BCUT2D eigenvalue weighted by Gasteiger charge is 2.20. The number of carbonyl (C=O) groups excluding carboxylic acids is 1. The highest BCUT2D eigenvalue weighted by Crippen LogP contribution is 2.39. The Morgan fingerprint density at radius 2 is 2.10 bits per heavy atom. The topological polar surface area (TPSA) is 60.5 Å². The Balaban J connectivity index is 1.84. The first-order valence-electron chi connectivity index (χ1n) is 5.65. The molecule has 5 nitrogen and oxygen atoms in total. The van der Waals surface area contributed by atoms with Crippen LogP contribution in [0.3, 0.4) is 0 Å². The minimum atomic E-state index is -0.347. The van der Waals surface area contributed by atoms with Crippen LogP contribution < -0.4 is 14.8 Å². The molecule has 0 saturated carbocycles. The fraction of sp³-hybridized carbons (Fsp3) is 0.0769. The summed E-state index contributed by atoms with van der Waals surface area (Å²) in [5, 5.41) is 3.46. The van der Waals surface area contributed by atoms with Gasteiger partial charge in [-0.3, -0.25) is 4.79 Å². The quantitative estimate of drug-likeness (QED) is 0.924. The molecule has 1 N–H and O–H groups in total. The minimum Gasteiger partial charge on any atom is -0.454 e. The van der Waals surface area contributed by atoms with Crippen molar-refractivity contribution in [3.63, 3.8) is 0 Å². The lowest BCUT2D eigenvalue weighted by molar-refractivity contribution is 0.102. The maximum atomic E-state index is 12.1. The van der Waals surface area contributed by atoms with Gasteiger partial charge in [-0.1, -0.05) is 23.2 Å². The smallest absolute Gasteiger partial charge is 0.257 e. The van der Waals surface area contributed by atoms with E-state index >= 15 is 0 Å². The maximum absolute atomic E-state index is 12.1. The number of amides is 1. The zero-order chi connectivity index (χ0) is 14.1. The number of anilines is 1. The summed E-state index contributed by atoms with van der Waals surface area (Å²) in [7, 11) is 0. The van der Waals surface area contributed by atoms with Crippen LogP contribution in [-0.2, 0) is 0 Å². The number of nitrogens with zero attached hydrogens (tertiary/aromatic N) is 1. The highest BCUT2D eigenvalue weighted by atomic mass is 35.5. The van der Waals surface area contributed by atoms with Gasteiger partial charge in [0.15, 0.2) is 11.5 Å². The summed E-state index contributed by atoms with van der Waals surface area (Å²) in [6.45, 7) is 0.0961. The molecule has 1 aliphatic heterocycles. The third-order valence-electron chi connectivity index (χ3n) is 2.66. The second kappa shape index (κ2) is 5.19. The summed E-state index contributed by atoms with van der Waals surface area (Å²) in [4.78, 5) is 16.1. The standard InChI is InChI=1S/C13H8Cl2N2O3/c14-8-1-2-11(16-5-8)17-13(18)7-3-9(15)12-10(4-7)19-6-20-12/h1-5H,6H2,(H,16,17,18). The van der Waals surface area contributed by atoms with Crippen LogP contribution in [0.2, 0.25) is 10.0 Å². The van der Waals surface area contributed by atoms with E-state index in [9.17, 15) is 4.79 Å². The Bertz CT molecular complexity index is 674. The van der Waals surface area contributed by atoms with E-state index in [0.29, 0.717) is 32.9 Å². The van der Waals surface area contributed by atoms with Gasteiger partial charge in [0.25, 0.3) is 5.91 Å². The van der Waals surface area contributed by atoms with Crippen molar-refractivity contribution in [2.75, 3.05) is 12.1 Å². The largest absolute Gasteiger partial charge is 0.454 e. The van der Waals surface area contributed by atoms with Crippen molar-refractivity contribution in [2.45, 2.75) is 0 Å². The number of hydrogen-bond donors (Lipinski definition) is 1. The number of nitrogens with one attached hydrogen (secondary N) is 1. The van der Waals surface area contributed by atoms with Crippen molar-refractivity contribution in [3.05, 3.63) is 46.1 Å². The number of hydrogen-bond acceptors (Lipinski definition) is 4. The molecule has 0 unspecified atom stereocenters. The lowest BCUT2D eigenvalue weighted by Crippen LogP contribution is -2.12. The average molecular weight is 311 g/mol. The number of carbonyl (C=O) groups is 1. The second-order valence-electron chi connectivity index (χ2n) is 4.01. The Labute approximate surface area is 124 Å². The van der Waals surface area contributed by atoms with Gasteiger partial charge in [-0.25, -0.2) is 4.98 Å². The van der Waals surface area contributed by atoms with Crippen molar-refractivity contribution >= 4 is 34.9 Å².